The monoisotopic (exact) mass is 306 g/mol. The van der Waals surface area contributed by atoms with E-state index in [1.165, 1.54) is 0 Å². The molecule has 2 aliphatic rings. The van der Waals surface area contributed by atoms with Crippen LogP contribution in [0.3, 0.4) is 0 Å². The van der Waals surface area contributed by atoms with Gasteiger partial charge in [-0.1, -0.05) is 20.3 Å². The van der Waals surface area contributed by atoms with Crippen LogP contribution in [0.1, 0.15) is 63.6 Å². The molecular formula is C16H26N4O2. The first-order chi connectivity index (χ1) is 10.5. The highest BCUT2D eigenvalue weighted by Crippen LogP contribution is 2.43. The van der Waals surface area contributed by atoms with Crippen LogP contribution < -0.4 is 0 Å². The lowest BCUT2D eigenvalue weighted by Crippen LogP contribution is -2.52. The molecule has 6 nitrogen and oxygen atoms in total. The van der Waals surface area contributed by atoms with Crippen LogP contribution in [0.15, 0.2) is 0 Å². The van der Waals surface area contributed by atoms with Gasteiger partial charge in [0.25, 0.3) is 0 Å². The summed E-state index contributed by atoms with van der Waals surface area (Å²) >= 11 is 0. The zero-order valence-corrected chi connectivity index (χ0v) is 14.0. The Bertz CT molecular complexity index is 562. The van der Waals surface area contributed by atoms with Gasteiger partial charge >= 0.3 is 0 Å². The van der Waals surface area contributed by atoms with E-state index in [4.69, 9.17) is 4.74 Å². The Kier molecular flexibility index (Phi) is 3.97. The molecule has 1 aliphatic heterocycles. The third-order valence-corrected chi connectivity index (χ3v) is 5.04. The number of aromatic nitrogens is 3. The van der Waals surface area contributed by atoms with Gasteiger partial charge in [-0.05, 0) is 19.8 Å². The van der Waals surface area contributed by atoms with Crippen molar-refractivity contribution in [3.8, 4) is 0 Å². The number of ether oxygens (including phenoxy) is 1. The van der Waals surface area contributed by atoms with Crippen LogP contribution in [0.25, 0.3) is 0 Å². The maximum Gasteiger partial charge on any atom is 0.231 e. The lowest BCUT2D eigenvalue weighted by Gasteiger charge is -2.44. The van der Waals surface area contributed by atoms with Crippen LogP contribution in [0.5, 0.6) is 0 Å². The summed E-state index contributed by atoms with van der Waals surface area (Å²) < 4.78 is 7.52. The fraction of sp³-hybridized carbons (Fsp3) is 0.812. The molecule has 0 bridgehead atoms. The highest BCUT2D eigenvalue weighted by atomic mass is 16.5. The van der Waals surface area contributed by atoms with E-state index in [0.29, 0.717) is 19.1 Å². The molecule has 0 unspecified atom stereocenters. The number of nitrogens with zero attached hydrogens (tertiary/aromatic N) is 4. The molecule has 0 aromatic carbocycles. The summed E-state index contributed by atoms with van der Waals surface area (Å²) in [5, 5.41) is 8.65. The summed E-state index contributed by atoms with van der Waals surface area (Å²) in [7, 11) is 1.68. The van der Waals surface area contributed by atoms with Gasteiger partial charge in [-0.3, -0.25) is 4.79 Å². The molecule has 6 heteroatoms. The van der Waals surface area contributed by atoms with Crippen molar-refractivity contribution >= 4 is 5.91 Å². The van der Waals surface area contributed by atoms with Gasteiger partial charge in [-0.2, -0.15) is 0 Å². The van der Waals surface area contributed by atoms with Gasteiger partial charge in [-0.25, -0.2) is 0 Å². The number of hydrogen-bond acceptors (Lipinski definition) is 4. The second-order valence-corrected chi connectivity index (χ2v) is 7.10. The van der Waals surface area contributed by atoms with E-state index >= 15 is 0 Å². The van der Waals surface area contributed by atoms with Crippen LogP contribution in [-0.2, 0) is 16.1 Å². The molecule has 3 rings (SSSR count). The minimum absolute atomic E-state index is 0.222. The van der Waals surface area contributed by atoms with Crippen molar-refractivity contribution in [2.24, 2.45) is 5.41 Å². The Hall–Kier alpha value is -1.43. The minimum Gasteiger partial charge on any atom is -0.384 e. The molecule has 0 saturated heterocycles. The van der Waals surface area contributed by atoms with Crippen molar-refractivity contribution in [2.75, 3.05) is 20.3 Å². The molecule has 22 heavy (non-hydrogen) atoms. The minimum atomic E-state index is -0.294. The third-order valence-electron chi connectivity index (χ3n) is 5.04. The Morgan fingerprint density at radius 1 is 1.41 bits per heavy atom. The predicted molar refractivity (Wildman–Crippen MR) is 82.4 cm³/mol. The van der Waals surface area contributed by atoms with Crippen LogP contribution in [0, 0.1) is 5.41 Å². The van der Waals surface area contributed by atoms with Gasteiger partial charge in [0.15, 0.2) is 5.82 Å². The first-order valence-electron chi connectivity index (χ1n) is 8.20. The van der Waals surface area contributed by atoms with E-state index in [1.807, 2.05) is 4.90 Å². The van der Waals surface area contributed by atoms with E-state index in [-0.39, 0.29) is 17.4 Å². The third kappa shape index (κ3) is 2.33. The van der Waals surface area contributed by atoms with Crippen molar-refractivity contribution in [3.63, 3.8) is 0 Å². The highest BCUT2D eigenvalue weighted by molar-refractivity contribution is 5.84. The van der Waals surface area contributed by atoms with Crippen LogP contribution >= 0.6 is 0 Å². The fourth-order valence-corrected chi connectivity index (χ4v) is 3.74. The molecule has 0 N–H and O–H groups in total. The first-order valence-corrected chi connectivity index (χ1v) is 8.20. The van der Waals surface area contributed by atoms with Crippen molar-refractivity contribution in [2.45, 2.75) is 58.5 Å². The molecule has 0 radical (unpaired) electrons. The lowest BCUT2D eigenvalue weighted by molar-refractivity contribution is -0.154. The molecule has 1 aromatic heterocycles. The number of carbonyl (C=O) groups is 1. The van der Waals surface area contributed by atoms with Crippen molar-refractivity contribution in [3.05, 3.63) is 11.6 Å². The maximum atomic E-state index is 13.0. The second kappa shape index (κ2) is 5.65. The number of hydrogen-bond donors (Lipinski definition) is 0. The molecule has 1 amide bonds. The quantitative estimate of drug-likeness (QED) is 0.855. The SMILES string of the molecule is COCC1(C(=O)N2Cc3nnc(C(C)C)n3[C@@H](C)C2)CCC1. The number of carbonyl (C=O) groups excluding carboxylic acids is 1. The Morgan fingerprint density at radius 3 is 2.68 bits per heavy atom. The molecule has 1 aromatic rings. The van der Waals surface area contributed by atoms with Gasteiger partial charge in [-0.15, -0.1) is 10.2 Å². The zero-order chi connectivity index (χ0) is 15.9. The average molecular weight is 306 g/mol. The number of methoxy groups -OCH3 is 1. The summed E-state index contributed by atoms with van der Waals surface area (Å²) in [5.41, 5.74) is -0.294. The Balaban J connectivity index is 1.82. The summed E-state index contributed by atoms with van der Waals surface area (Å²) in [6.07, 6.45) is 3.00. The summed E-state index contributed by atoms with van der Waals surface area (Å²) in [5.74, 6) is 2.50. The van der Waals surface area contributed by atoms with Crippen LogP contribution in [0.4, 0.5) is 0 Å². The Labute approximate surface area is 131 Å². The predicted octanol–water partition coefficient (Wildman–Crippen LogP) is 2.12. The summed E-state index contributed by atoms with van der Waals surface area (Å²) in [6.45, 7) is 8.22. The molecule has 122 valence electrons. The molecule has 0 spiro atoms. The first kappa shape index (κ1) is 15.5. The van der Waals surface area contributed by atoms with Gasteiger partial charge in [0.2, 0.25) is 5.91 Å². The van der Waals surface area contributed by atoms with Crippen molar-refractivity contribution in [1.82, 2.24) is 19.7 Å². The van der Waals surface area contributed by atoms with Crippen LogP contribution in [-0.4, -0.2) is 45.8 Å². The smallest absolute Gasteiger partial charge is 0.231 e. The van der Waals surface area contributed by atoms with Crippen LogP contribution in [0.2, 0.25) is 0 Å². The molecular weight excluding hydrogens is 280 g/mol. The Morgan fingerprint density at radius 2 is 2.14 bits per heavy atom. The number of rotatable bonds is 4. The van der Waals surface area contributed by atoms with Gasteiger partial charge in [0, 0.05) is 19.6 Å². The highest BCUT2D eigenvalue weighted by Gasteiger charge is 2.47. The van der Waals surface area contributed by atoms with Gasteiger partial charge in [0.1, 0.15) is 5.82 Å². The lowest BCUT2D eigenvalue weighted by atomic mass is 9.68. The molecule has 1 aliphatic carbocycles. The molecule has 1 saturated carbocycles. The molecule has 1 fully saturated rings. The second-order valence-electron chi connectivity index (χ2n) is 7.10. The van der Waals surface area contributed by atoms with E-state index < -0.39 is 0 Å². The van der Waals surface area contributed by atoms with E-state index in [2.05, 4.69) is 35.5 Å². The number of amides is 1. The summed E-state index contributed by atoms with van der Waals surface area (Å²) in [6, 6.07) is 0.222. The molecule has 1 atom stereocenters. The van der Waals surface area contributed by atoms with E-state index in [9.17, 15) is 4.79 Å². The van der Waals surface area contributed by atoms with E-state index in [1.54, 1.807) is 7.11 Å². The summed E-state index contributed by atoms with van der Waals surface area (Å²) in [4.78, 5) is 14.9. The van der Waals surface area contributed by atoms with Gasteiger partial charge < -0.3 is 14.2 Å². The fourth-order valence-electron chi connectivity index (χ4n) is 3.74. The van der Waals surface area contributed by atoms with Crippen molar-refractivity contribution < 1.29 is 9.53 Å². The normalized spacial score (nSPS) is 23.3. The van der Waals surface area contributed by atoms with Crippen molar-refractivity contribution in [1.29, 1.82) is 0 Å². The number of fused-ring (bicyclic) bond motifs is 1. The topological polar surface area (TPSA) is 60.2 Å². The zero-order valence-electron chi connectivity index (χ0n) is 14.0. The van der Waals surface area contributed by atoms with Gasteiger partial charge in [0.05, 0.1) is 24.6 Å². The largest absolute Gasteiger partial charge is 0.384 e. The van der Waals surface area contributed by atoms with E-state index in [0.717, 1.165) is 37.5 Å². The molecule has 2 heterocycles. The average Bonchev–Trinajstić information content (AvgIpc) is 2.86. The maximum absolute atomic E-state index is 13.0. The standard InChI is InChI=1S/C16H26N4O2/c1-11(2)14-18-17-13-9-19(8-12(3)20(13)14)15(21)16(10-22-4)6-5-7-16/h11-12H,5-10H2,1-4H3/t12-/m0/s1.